The summed E-state index contributed by atoms with van der Waals surface area (Å²) < 4.78 is 0. The van der Waals surface area contributed by atoms with Gasteiger partial charge in [-0.2, -0.15) is 0 Å². The second kappa shape index (κ2) is 2.83. The molecule has 1 fully saturated rings. The molecule has 3 rings (SSSR count). The predicted molar refractivity (Wildman–Crippen MR) is 58.3 cm³/mol. The van der Waals surface area contributed by atoms with E-state index in [9.17, 15) is 0 Å². The van der Waals surface area contributed by atoms with Gasteiger partial charge in [0.1, 0.15) is 0 Å². The van der Waals surface area contributed by atoms with Gasteiger partial charge < -0.3 is 5.73 Å². The van der Waals surface area contributed by atoms with Crippen LogP contribution < -0.4 is 5.73 Å². The van der Waals surface area contributed by atoms with Crippen molar-refractivity contribution in [3.63, 3.8) is 0 Å². The zero-order chi connectivity index (χ0) is 9.60. The Kier molecular flexibility index (Phi) is 1.72. The lowest BCUT2D eigenvalue weighted by Crippen LogP contribution is -2.39. The number of benzene rings is 1. The minimum Gasteiger partial charge on any atom is -0.327 e. The molecule has 1 spiro atoms. The van der Waals surface area contributed by atoms with Gasteiger partial charge in [-0.05, 0) is 30.4 Å². The molecule has 0 amide bonds. The average molecular weight is 187 g/mol. The molecule has 0 saturated heterocycles. The van der Waals surface area contributed by atoms with E-state index in [4.69, 9.17) is 5.73 Å². The number of fused-ring (bicyclic) bond motifs is 2. The van der Waals surface area contributed by atoms with Gasteiger partial charge in [-0.1, -0.05) is 37.1 Å². The third kappa shape index (κ3) is 0.936. The van der Waals surface area contributed by atoms with Crippen LogP contribution in [0.25, 0.3) is 0 Å². The van der Waals surface area contributed by atoms with Crippen molar-refractivity contribution in [2.75, 3.05) is 0 Å². The summed E-state index contributed by atoms with van der Waals surface area (Å²) in [6, 6.07) is 9.23. The lowest BCUT2D eigenvalue weighted by atomic mass is 9.77. The molecule has 2 N–H and O–H groups in total. The van der Waals surface area contributed by atoms with Crippen molar-refractivity contribution in [3.8, 4) is 0 Å². The van der Waals surface area contributed by atoms with Crippen molar-refractivity contribution in [3.05, 3.63) is 35.4 Å². The van der Waals surface area contributed by atoms with E-state index in [1.807, 2.05) is 0 Å². The van der Waals surface area contributed by atoms with Gasteiger partial charge in [0, 0.05) is 11.5 Å². The zero-order valence-corrected chi connectivity index (χ0v) is 8.50. The van der Waals surface area contributed by atoms with Gasteiger partial charge in [-0.25, -0.2) is 0 Å². The smallest absolute Gasteiger partial charge is 0.0177 e. The van der Waals surface area contributed by atoms with E-state index in [2.05, 4.69) is 24.3 Å². The van der Waals surface area contributed by atoms with Crippen LogP contribution in [0.2, 0.25) is 0 Å². The fourth-order valence-electron chi connectivity index (χ4n) is 3.46. The summed E-state index contributed by atoms with van der Waals surface area (Å²) in [5.74, 6) is 0. The van der Waals surface area contributed by atoms with Crippen LogP contribution in [0.4, 0.5) is 0 Å². The van der Waals surface area contributed by atoms with Crippen LogP contribution in [0.5, 0.6) is 0 Å². The molecule has 2 aliphatic rings. The molecule has 1 aromatic carbocycles. The Hall–Kier alpha value is -0.820. The van der Waals surface area contributed by atoms with Crippen LogP contribution in [-0.4, -0.2) is 6.04 Å². The summed E-state index contributed by atoms with van der Waals surface area (Å²) in [5, 5.41) is 0. The fraction of sp³-hybridized carbons (Fsp3) is 0.538. The highest BCUT2D eigenvalue weighted by Crippen LogP contribution is 2.49. The average Bonchev–Trinajstić information content (AvgIpc) is 2.77. The number of rotatable bonds is 0. The van der Waals surface area contributed by atoms with Crippen LogP contribution in [-0.2, 0) is 11.8 Å². The molecular formula is C13H17N. The van der Waals surface area contributed by atoms with Crippen molar-refractivity contribution in [2.24, 2.45) is 5.73 Å². The normalized spacial score (nSPS) is 28.2. The number of nitrogens with two attached hydrogens (primary N) is 1. The first kappa shape index (κ1) is 8.49. The fourth-order valence-corrected chi connectivity index (χ4v) is 3.46. The molecular weight excluding hydrogens is 170 g/mol. The minimum atomic E-state index is 0.358. The van der Waals surface area contributed by atoms with Gasteiger partial charge in [0.25, 0.3) is 0 Å². The molecule has 74 valence electrons. The topological polar surface area (TPSA) is 26.0 Å². The molecule has 1 nitrogen and oxygen atoms in total. The van der Waals surface area contributed by atoms with Crippen molar-refractivity contribution < 1.29 is 0 Å². The molecule has 1 saturated carbocycles. The Balaban J connectivity index is 2.14. The van der Waals surface area contributed by atoms with Gasteiger partial charge in [0.15, 0.2) is 0 Å². The van der Waals surface area contributed by atoms with E-state index < -0.39 is 0 Å². The van der Waals surface area contributed by atoms with Gasteiger partial charge in [-0.3, -0.25) is 0 Å². The van der Waals surface area contributed by atoms with Crippen molar-refractivity contribution in [2.45, 2.75) is 43.6 Å². The van der Waals surface area contributed by atoms with Gasteiger partial charge in [-0.15, -0.1) is 0 Å². The molecule has 0 radical (unpaired) electrons. The maximum absolute atomic E-state index is 6.33. The Morgan fingerprint density at radius 2 is 1.86 bits per heavy atom. The molecule has 1 unspecified atom stereocenters. The standard InChI is InChI=1S/C13H17N/c14-12-9-10-5-1-2-6-11(10)13(12)7-3-4-8-13/h1-2,5-6,12H,3-4,7-9,14H2. The van der Waals surface area contributed by atoms with Crippen molar-refractivity contribution in [1.29, 1.82) is 0 Å². The summed E-state index contributed by atoms with van der Waals surface area (Å²) in [6.07, 6.45) is 6.44. The lowest BCUT2D eigenvalue weighted by Gasteiger charge is -2.29. The first-order valence-corrected chi connectivity index (χ1v) is 5.67. The highest BCUT2D eigenvalue weighted by molar-refractivity contribution is 5.43. The van der Waals surface area contributed by atoms with E-state index in [1.54, 1.807) is 5.56 Å². The Morgan fingerprint density at radius 1 is 1.14 bits per heavy atom. The third-order valence-electron chi connectivity index (χ3n) is 4.20. The summed E-state index contributed by atoms with van der Waals surface area (Å²) in [4.78, 5) is 0. The molecule has 1 heteroatoms. The van der Waals surface area contributed by atoms with Crippen LogP contribution in [0.15, 0.2) is 24.3 Å². The summed E-state index contributed by atoms with van der Waals surface area (Å²) in [5.41, 5.74) is 9.74. The summed E-state index contributed by atoms with van der Waals surface area (Å²) in [6.45, 7) is 0. The lowest BCUT2D eigenvalue weighted by molar-refractivity contribution is 0.379. The van der Waals surface area contributed by atoms with Crippen LogP contribution in [0.3, 0.4) is 0 Å². The largest absolute Gasteiger partial charge is 0.327 e. The predicted octanol–water partition coefficient (Wildman–Crippen LogP) is 2.38. The second-order valence-corrected chi connectivity index (χ2v) is 4.83. The van der Waals surface area contributed by atoms with Crippen molar-refractivity contribution >= 4 is 0 Å². The molecule has 0 aromatic heterocycles. The number of hydrogen-bond acceptors (Lipinski definition) is 1. The number of hydrogen-bond donors (Lipinski definition) is 1. The van der Waals surface area contributed by atoms with Gasteiger partial charge >= 0.3 is 0 Å². The Bertz CT molecular complexity index is 350. The maximum atomic E-state index is 6.33. The molecule has 0 aliphatic heterocycles. The molecule has 14 heavy (non-hydrogen) atoms. The Labute approximate surface area is 85.3 Å². The monoisotopic (exact) mass is 187 g/mol. The highest BCUT2D eigenvalue weighted by Gasteiger charge is 2.46. The highest BCUT2D eigenvalue weighted by atomic mass is 14.7. The summed E-state index contributed by atoms with van der Waals surface area (Å²) >= 11 is 0. The van der Waals surface area contributed by atoms with Crippen LogP contribution >= 0.6 is 0 Å². The van der Waals surface area contributed by atoms with Gasteiger partial charge in [0.05, 0.1) is 0 Å². The van der Waals surface area contributed by atoms with Crippen molar-refractivity contribution in [1.82, 2.24) is 0 Å². The van der Waals surface area contributed by atoms with E-state index in [0.717, 1.165) is 6.42 Å². The van der Waals surface area contributed by atoms with E-state index in [-0.39, 0.29) is 0 Å². The molecule has 1 aromatic rings. The van der Waals surface area contributed by atoms with Gasteiger partial charge in [0.2, 0.25) is 0 Å². The van der Waals surface area contributed by atoms with Crippen LogP contribution in [0, 0.1) is 0 Å². The van der Waals surface area contributed by atoms with E-state index in [1.165, 1.54) is 31.2 Å². The molecule has 0 bridgehead atoms. The van der Waals surface area contributed by atoms with E-state index in [0.29, 0.717) is 11.5 Å². The first-order valence-electron chi connectivity index (χ1n) is 5.67. The SMILES string of the molecule is NC1Cc2ccccc2C12CCCC2. The molecule has 2 aliphatic carbocycles. The summed E-state index contributed by atoms with van der Waals surface area (Å²) in [7, 11) is 0. The first-order chi connectivity index (χ1) is 6.83. The zero-order valence-electron chi connectivity index (χ0n) is 8.50. The molecule has 0 heterocycles. The Morgan fingerprint density at radius 3 is 2.64 bits per heavy atom. The third-order valence-corrected chi connectivity index (χ3v) is 4.20. The molecule has 1 atom stereocenters. The van der Waals surface area contributed by atoms with E-state index >= 15 is 0 Å². The maximum Gasteiger partial charge on any atom is 0.0177 e. The van der Waals surface area contributed by atoms with Crippen LogP contribution in [0.1, 0.15) is 36.8 Å². The minimum absolute atomic E-state index is 0.358. The quantitative estimate of drug-likeness (QED) is 0.663. The second-order valence-electron chi connectivity index (χ2n) is 4.83.